The fourth-order valence-electron chi connectivity index (χ4n) is 1.07. The van der Waals surface area contributed by atoms with Crippen LogP contribution in [0.25, 0.3) is 0 Å². The van der Waals surface area contributed by atoms with Crippen LogP contribution in [0.3, 0.4) is 0 Å². The second kappa shape index (κ2) is 9.59. The summed E-state index contributed by atoms with van der Waals surface area (Å²) in [6.07, 6.45) is 0. The monoisotopic (exact) mass is 187 g/mol. The molecule has 0 heterocycles. The third-order valence-electron chi connectivity index (χ3n) is 1.70. The van der Waals surface area contributed by atoms with Crippen molar-refractivity contribution in [3.63, 3.8) is 0 Å². The molecule has 1 unspecified atom stereocenters. The van der Waals surface area contributed by atoms with E-state index >= 15 is 0 Å². The maximum absolute atomic E-state index is 5.07. The average Bonchev–Trinajstić information content (AvgIpc) is 2.15. The highest BCUT2D eigenvalue weighted by Crippen LogP contribution is 2.10. The Morgan fingerprint density at radius 2 is 1.85 bits per heavy atom. The van der Waals surface area contributed by atoms with E-state index in [4.69, 9.17) is 4.74 Å². The summed E-state index contributed by atoms with van der Waals surface area (Å²) in [7, 11) is 1.66. The Hall–Kier alpha value is -0.500. The molecular weight excluding hydrogens is 162 g/mol. The fourth-order valence-corrected chi connectivity index (χ4v) is 1.07. The van der Waals surface area contributed by atoms with E-state index in [1.807, 2.05) is 13.8 Å². The van der Waals surface area contributed by atoms with E-state index in [-0.39, 0.29) is 6.04 Å². The zero-order valence-electron chi connectivity index (χ0n) is 9.98. The van der Waals surface area contributed by atoms with Crippen molar-refractivity contribution in [3.8, 4) is 0 Å². The fraction of sp³-hybridized carbons (Fsp3) is 0.818. The second-order valence-corrected chi connectivity index (χ2v) is 2.95. The Morgan fingerprint density at radius 1 is 1.38 bits per heavy atom. The van der Waals surface area contributed by atoms with E-state index in [0.717, 1.165) is 12.3 Å². The molecule has 0 spiro atoms. The largest absolute Gasteiger partial charge is 0.500 e. The molecule has 0 aromatic rings. The van der Waals surface area contributed by atoms with Gasteiger partial charge in [0.1, 0.15) is 5.76 Å². The normalized spacial score (nSPS) is 11.6. The third-order valence-corrected chi connectivity index (χ3v) is 1.70. The van der Waals surface area contributed by atoms with Crippen molar-refractivity contribution in [2.75, 3.05) is 13.7 Å². The Labute approximate surface area is 83.4 Å². The summed E-state index contributed by atoms with van der Waals surface area (Å²) in [4.78, 5) is 0. The van der Waals surface area contributed by atoms with Crippen LogP contribution in [-0.2, 0) is 4.74 Å². The van der Waals surface area contributed by atoms with Gasteiger partial charge in [-0.15, -0.1) is 0 Å². The van der Waals surface area contributed by atoms with Gasteiger partial charge < -0.3 is 10.1 Å². The molecule has 0 rings (SSSR count). The molecule has 0 aromatic carbocycles. The van der Waals surface area contributed by atoms with Crippen LogP contribution in [0.5, 0.6) is 0 Å². The maximum Gasteiger partial charge on any atom is 0.106 e. The predicted octanol–water partition coefficient (Wildman–Crippen LogP) is 2.81. The van der Waals surface area contributed by atoms with Gasteiger partial charge in [0.2, 0.25) is 0 Å². The quantitative estimate of drug-likeness (QED) is 0.668. The molecule has 2 heteroatoms. The van der Waals surface area contributed by atoms with Crippen LogP contribution in [0.15, 0.2) is 12.3 Å². The Morgan fingerprint density at radius 3 is 2.08 bits per heavy atom. The van der Waals surface area contributed by atoms with Crippen molar-refractivity contribution >= 4 is 0 Å². The summed E-state index contributed by atoms with van der Waals surface area (Å²) >= 11 is 0. The van der Waals surface area contributed by atoms with E-state index < -0.39 is 0 Å². The number of ether oxygens (including phenoxy) is 1. The lowest BCUT2D eigenvalue weighted by Gasteiger charge is -2.22. The first-order valence-corrected chi connectivity index (χ1v) is 5.09. The highest BCUT2D eigenvalue weighted by molar-refractivity contribution is 4.97. The lowest BCUT2D eigenvalue weighted by molar-refractivity contribution is 0.232. The Balaban J connectivity index is 0. The van der Waals surface area contributed by atoms with Gasteiger partial charge in [0.05, 0.1) is 13.2 Å². The number of rotatable bonds is 5. The molecule has 0 aliphatic carbocycles. The Bertz CT molecular complexity index is 121. The number of likely N-dealkylation sites (N-methyl/N-ethyl adjacent to an activating group) is 1. The molecule has 0 amide bonds. The van der Waals surface area contributed by atoms with Crippen LogP contribution >= 0.6 is 0 Å². The zero-order chi connectivity index (χ0) is 10.9. The standard InChI is InChI=1S/C9H19NO.C2H6/c1-6-10-9(7(2)3)8(4)11-5;1-2/h7,9-10H,4,6H2,1-3,5H3;1-2H3. The highest BCUT2D eigenvalue weighted by Gasteiger charge is 2.15. The summed E-state index contributed by atoms with van der Waals surface area (Å²) in [6, 6.07) is 0.282. The molecule has 80 valence electrons. The van der Waals surface area contributed by atoms with Gasteiger partial charge in [-0.05, 0) is 12.5 Å². The van der Waals surface area contributed by atoms with Gasteiger partial charge in [-0.25, -0.2) is 0 Å². The number of hydrogen-bond acceptors (Lipinski definition) is 2. The molecule has 2 nitrogen and oxygen atoms in total. The molecule has 0 fully saturated rings. The van der Waals surface area contributed by atoms with Crippen molar-refractivity contribution in [3.05, 3.63) is 12.3 Å². The van der Waals surface area contributed by atoms with Crippen LogP contribution in [0.1, 0.15) is 34.6 Å². The number of hydrogen-bond donors (Lipinski definition) is 1. The lowest BCUT2D eigenvalue weighted by Crippen LogP contribution is -2.35. The molecule has 0 aromatic heterocycles. The van der Waals surface area contributed by atoms with E-state index in [0.29, 0.717) is 5.92 Å². The van der Waals surface area contributed by atoms with Crippen LogP contribution in [-0.4, -0.2) is 19.7 Å². The minimum atomic E-state index is 0.282. The van der Waals surface area contributed by atoms with E-state index in [1.165, 1.54) is 0 Å². The molecule has 0 radical (unpaired) electrons. The van der Waals surface area contributed by atoms with Gasteiger partial charge in [-0.2, -0.15) is 0 Å². The van der Waals surface area contributed by atoms with E-state index in [1.54, 1.807) is 7.11 Å². The molecule has 0 saturated carbocycles. The summed E-state index contributed by atoms with van der Waals surface area (Å²) < 4.78 is 5.07. The molecule has 0 bridgehead atoms. The molecular formula is C11H25NO. The van der Waals surface area contributed by atoms with Crippen LogP contribution in [0.2, 0.25) is 0 Å². The number of methoxy groups -OCH3 is 1. The van der Waals surface area contributed by atoms with Crippen LogP contribution < -0.4 is 5.32 Å². The summed E-state index contributed by atoms with van der Waals surface area (Å²) in [5.41, 5.74) is 0. The summed E-state index contributed by atoms with van der Waals surface area (Å²) in [5.74, 6) is 1.35. The minimum Gasteiger partial charge on any atom is -0.500 e. The SMILES string of the molecule is C=C(OC)C(NCC)C(C)C.CC. The minimum absolute atomic E-state index is 0.282. The average molecular weight is 187 g/mol. The Kier molecular flexibility index (Phi) is 11.1. The molecule has 0 saturated heterocycles. The summed E-state index contributed by atoms with van der Waals surface area (Å²) in [6.45, 7) is 15.2. The van der Waals surface area contributed by atoms with Crippen molar-refractivity contribution in [1.29, 1.82) is 0 Å². The first kappa shape index (κ1) is 15.0. The van der Waals surface area contributed by atoms with Crippen LogP contribution in [0.4, 0.5) is 0 Å². The zero-order valence-corrected chi connectivity index (χ0v) is 9.98. The van der Waals surface area contributed by atoms with Crippen molar-refractivity contribution in [1.82, 2.24) is 5.32 Å². The first-order chi connectivity index (χ1) is 6.13. The molecule has 1 atom stereocenters. The smallest absolute Gasteiger partial charge is 0.106 e. The maximum atomic E-state index is 5.07. The molecule has 0 aliphatic rings. The van der Waals surface area contributed by atoms with Gasteiger partial charge in [0.15, 0.2) is 0 Å². The van der Waals surface area contributed by atoms with E-state index in [9.17, 15) is 0 Å². The summed E-state index contributed by atoms with van der Waals surface area (Å²) in [5, 5.41) is 3.31. The van der Waals surface area contributed by atoms with Crippen molar-refractivity contribution < 1.29 is 4.74 Å². The van der Waals surface area contributed by atoms with Gasteiger partial charge in [-0.1, -0.05) is 41.2 Å². The number of nitrogens with one attached hydrogen (secondary N) is 1. The highest BCUT2D eigenvalue weighted by atomic mass is 16.5. The van der Waals surface area contributed by atoms with Crippen molar-refractivity contribution in [2.24, 2.45) is 5.92 Å². The molecule has 0 aliphatic heterocycles. The lowest BCUT2D eigenvalue weighted by atomic mass is 10.0. The molecule has 13 heavy (non-hydrogen) atoms. The predicted molar refractivity (Wildman–Crippen MR) is 59.8 cm³/mol. The van der Waals surface area contributed by atoms with E-state index in [2.05, 4.69) is 32.7 Å². The van der Waals surface area contributed by atoms with Gasteiger partial charge in [0, 0.05) is 0 Å². The topological polar surface area (TPSA) is 21.3 Å². The van der Waals surface area contributed by atoms with Crippen molar-refractivity contribution in [2.45, 2.75) is 40.7 Å². The van der Waals surface area contributed by atoms with Crippen LogP contribution in [0, 0.1) is 5.92 Å². The van der Waals surface area contributed by atoms with Gasteiger partial charge >= 0.3 is 0 Å². The van der Waals surface area contributed by atoms with Gasteiger partial charge in [-0.3, -0.25) is 0 Å². The third kappa shape index (κ3) is 6.64. The first-order valence-electron chi connectivity index (χ1n) is 5.09. The molecule has 1 N–H and O–H groups in total. The second-order valence-electron chi connectivity index (χ2n) is 2.95. The van der Waals surface area contributed by atoms with Gasteiger partial charge in [0.25, 0.3) is 0 Å².